The zero-order chi connectivity index (χ0) is 12.7. The SMILES string of the molecule is S=c1[nH]c2cccc(Cl)c2n1-c1ccccc1Br. The van der Waals surface area contributed by atoms with E-state index in [1.807, 2.05) is 47.0 Å². The summed E-state index contributed by atoms with van der Waals surface area (Å²) in [5.74, 6) is 0. The summed E-state index contributed by atoms with van der Waals surface area (Å²) >= 11 is 15.2. The monoisotopic (exact) mass is 338 g/mol. The van der Waals surface area contributed by atoms with Crippen molar-refractivity contribution in [1.29, 1.82) is 0 Å². The highest BCUT2D eigenvalue weighted by Crippen LogP contribution is 2.29. The van der Waals surface area contributed by atoms with Gasteiger partial charge in [0.25, 0.3) is 0 Å². The quantitative estimate of drug-likeness (QED) is 0.611. The topological polar surface area (TPSA) is 20.7 Å². The minimum Gasteiger partial charge on any atom is -0.330 e. The fourth-order valence-corrected chi connectivity index (χ4v) is 3.00. The van der Waals surface area contributed by atoms with Crippen LogP contribution in [0.15, 0.2) is 46.9 Å². The Morgan fingerprint density at radius 2 is 1.89 bits per heavy atom. The van der Waals surface area contributed by atoms with Gasteiger partial charge in [-0.2, -0.15) is 0 Å². The van der Waals surface area contributed by atoms with Gasteiger partial charge in [0.05, 0.1) is 21.7 Å². The standard InChI is InChI=1S/C13H8BrClN2S/c14-8-4-1-2-7-11(8)17-12-9(15)5-3-6-10(12)16-13(17)18/h1-7H,(H,16,18). The number of imidazole rings is 1. The number of rotatable bonds is 1. The first-order valence-electron chi connectivity index (χ1n) is 5.32. The normalized spacial score (nSPS) is 11.0. The summed E-state index contributed by atoms with van der Waals surface area (Å²) in [5.41, 5.74) is 2.81. The van der Waals surface area contributed by atoms with E-state index in [0.29, 0.717) is 9.79 Å². The molecule has 0 aliphatic carbocycles. The molecule has 0 bridgehead atoms. The van der Waals surface area contributed by atoms with Gasteiger partial charge in [0, 0.05) is 4.47 Å². The Bertz CT molecular complexity index is 791. The van der Waals surface area contributed by atoms with Gasteiger partial charge in [-0.1, -0.05) is 29.8 Å². The van der Waals surface area contributed by atoms with Crippen LogP contribution in [0.1, 0.15) is 0 Å². The van der Waals surface area contributed by atoms with Crippen LogP contribution in [0.4, 0.5) is 0 Å². The molecule has 1 aromatic heterocycles. The van der Waals surface area contributed by atoms with Crippen LogP contribution in [-0.2, 0) is 0 Å². The number of aromatic nitrogens is 2. The second-order valence-corrected chi connectivity index (χ2v) is 5.50. The molecule has 0 aliphatic heterocycles. The number of hydrogen-bond acceptors (Lipinski definition) is 1. The number of nitrogens with zero attached hydrogens (tertiary/aromatic N) is 1. The minimum absolute atomic E-state index is 0.630. The highest BCUT2D eigenvalue weighted by atomic mass is 79.9. The lowest BCUT2D eigenvalue weighted by Crippen LogP contribution is -1.95. The molecule has 5 heteroatoms. The van der Waals surface area contributed by atoms with Gasteiger partial charge in [0.15, 0.2) is 4.77 Å². The molecule has 0 atom stereocenters. The summed E-state index contributed by atoms with van der Waals surface area (Å²) in [6.07, 6.45) is 0. The predicted molar refractivity (Wildman–Crippen MR) is 81.2 cm³/mol. The highest BCUT2D eigenvalue weighted by molar-refractivity contribution is 9.10. The Balaban J connectivity index is 2.47. The van der Waals surface area contributed by atoms with Gasteiger partial charge in [-0.05, 0) is 52.4 Å². The van der Waals surface area contributed by atoms with Crippen molar-refractivity contribution in [3.8, 4) is 5.69 Å². The number of halogens is 2. The van der Waals surface area contributed by atoms with Crippen molar-refractivity contribution in [2.24, 2.45) is 0 Å². The molecule has 18 heavy (non-hydrogen) atoms. The van der Waals surface area contributed by atoms with Gasteiger partial charge < -0.3 is 4.98 Å². The van der Waals surface area contributed by atoms with Crippen LogP contribution in [0.5, 0.6) is 0 Å². The van der Waals surface area contributed by atoms with Crippen molar-refractivity contribution in [3.05, 3.63) is 56.7 Å². The van der Waals surface area contributed by atoms with Gasteiger partial charge in [0.2, 0.25) is 0 Å². The number of benzene rings is 2. The summed E-state index contributed by atoms with van der Waals surface area (Å²) in [7, 11) is 0. The van der Waals surface area contributed by atoms with Crippen LogP contribution in [0.25, 0.3) is 16.7 Å². The molecule has 0 saturated carbocycles. The van der Waals surface area contributed by atoms with Crippen molar-refractivity contribution in [2.75, 3.05) is 0 Å². The molecule has 3 aromatic rings. The molecule has 0 spiro atoms. The fourth-order valence-electron chi connectivity index (χ4n) is 1.98. The van der Waals surface area contributed by atoms with Crippen molar-refractivity contribution in [2.45, 2.75) is 0 Å². The van der Waals surface area contributed by atoms with E-state index in [-0.39, 0.29) is 0 Å². The van der Waals surface area contributed by atoms with Crippen LogP contribution < -0.4 is 0 Å². The van der Waals surface area contributed by atoms with Crippen LogP contribution >= 0.6 is 39.7 Å². The molecule has 1 N–H and O–H groups in total. The average Bonchev–Trinajstić information content (AvgIpc) is 2.68. The van der Waals surface area contributed by atoms with E-state index < -0.39 is 0 Å². The molecule has 0 aliphatic rings. The lowest BCUT2D eigenvalue weighted by atomic mass is 10.3. The van der Waals surface area contributed by atoms with E-state index in [2.05, 4.69) is 20.9 Å². The minimum atomic E-state index is 0.630. The van der Waals surface area contributed by atoms with E-state index in [1.165, 1.54) is 0 Å². The van der Waals surface area contributed by atoms with E-state index in [4.69, 9.17) is 23.8 Å². The lowest BCUT2D eigenvalue weighted by Gasteiger charge is -2.07. The predicted octanol–water partition coefficient (Wildman–Crippen LogP) is 5.10. The molecular formula is C13H8BrClN2S. The van der Waals surface area contributed by atoms with Crippen LogP contribution in [-0.4, -0.2) is 9.55 Å². The maximum Gasteiger partial charge on any atom is 0.182 e. The highest BCUT2D eigenvalue weighted by Gasteiger charge is 2.11. The molecule has 0 unspecified atom stereocenters. The number of aromatic amines is 1. The van der Waals surface area contributed by atoms with Crippen LogP contribution in [0.2, 0.25) is 5.02 Å². The van der Waals surface area contributed by atoms with Gasteiger partial charge in [-0.25, -0.2) is 0 Å². The Kier molecular flexibility index (Phi) is 3.01. The summed E-state index contributed by atoms with van der Waals surface area (Å²) in [6, 6.07) is 13.6. The maximum absolute atomic E-state index is 6.28. The molecular weight excluding hydrogens is 332 g/mol. The first-order valence-corrected chi connectivity index (χ1v) is 6.90. The maximum atomic E-state index is 6.28. The Morgan fingerprint density at radius 1 is 1.11 bits per heavy atom. The van der Waals surface area contributed by atoms with Gasteiger partial charge in [0.1, 0.15) is 0 Å². The fraction of sp³-hybridized carbons (Fsp3) is 0. The molecule has 0 amide bonds. The molecule has 0 radical (unpaired) electrons. The van der Waals surface area contributed by atoms with Crippen molar-refractivity contribution >= 4 is 50.8 Å². The number of hydrogen-bond donors (Lipinski definition) is 1. The first kappa shape index (κ1) is 12.0. The smallest absolute Gasteiger partial charge is 0.182 e. The van der Waals surface area contributed by atoms with Crippen molar-refractivity contribution < 1.29 is 0 Å². The van der Waals surface area contributed by atoms with Gasteiger partial charge in [-0.3, -0.25) is 4.57 Å². The molecule has 1 heterocycles. The summed E-state index contributed by atoms with van der Waals surface area (Å²) in [4.78, 5) is 3.17. The summed E-state index contributed by atoms with van der Waals surface area (Å²) in [5, 5.41) is 0.676. The Labute approximate surface area is 122 Å². The van der Waals surface area contributed by atoms with Crippen molar-refractivity contribution in [3.63, 3.8) is 0 Å². The number of para-hydroxylation sites is 2. The van der Waals surface area contributed by atoms with E-state index >= 15 is 0 Å². The number of fused-ring (bicyclic) bond motifs is 1. The molecule has 2 aromatic carbocycles. The molecule has 0 saturated heterocycles. The third-order valence-corrected chi connectivity index (χ3v) is 4.01. The van der Waals surface area contributed by atoms with Crippen molar-refractivity contribution in [1.82, 2.24) is 9.55 Å². The Hall–Kier alpha value is -1.10. The lowest BCUT2D eigenvalue weighted by molar-refractivity contribution is 1.06. The second-order valence-electron chi connectivity index (χ2n) is 3.85. The number of H-pyrrole nitrogens is 1. The Morgan fingerprint density at radius 3 is 2.67 bits per heavy atom. The molecule has 3 rings (SSSR count). The van der Waals surface area contributed by atoms with Crippen LogP contribution in [0, 0.1) is 4.77 Å². The third-order valence-electron chi connectivity index (χ3n) is 2.75. The molecule has 0 fully saturated rings. The average molecular weight is 340 g/mol. The van der Waals surface area contributed by atoms with E-state index in [1.54, 1.807) is 0 Å². The zero-order valence-corrected chi connectivity index (χ0v) is 12.3. The first-order chi connectivity index (χ1) is 8.68. The molecule has 2 nitrogen and oxygen atoms in total. The number of nitrogens with one attached hydrogen (secondary N) is 1. The van der Waals surface area contributed by atoms with E-state index in [0.717, 1.165) is 21.2 Å². The second kappa shape index (κ2) is 4.53. The van der Waals surface area contributed by atoms with E-state index in [9.17, 15) is 0 Å². The largest absolute Gasteiger partial charge is 0.330 e. The summed E-state index contributed by atoms with van der Waals surface area (Å²) < 4.78 is 3.55. The third kappa shape index (κ3) is 1.81. The molecule has 90 valence electrons. The van der Waals surface area contributed by atoms with Gasteiger partial charge >= 0.3 is 0 Å². The zero-order valence-electron chi connectivity index (χ0n) is 9.15. The summed E-state index contributed by atoms with van der Waals surface area (Å²) in [6.45, 7) is 0. The van der Waals surface area contributed by atoms with Gasteiger partial charge in [-0.15, -0.1) is 0 Å². The van der Waals surface area contributed by atoms with Crippen LogP contribution in [0.3, 0.4) is 0 Å².